The fourth-order valence-corrected chi connectivity index (χ4v) is 3.38. The van der Waals surface area contributed by atoms with Crippen molar-refractivity contribution in [1.82, 2.24) is 10.0 Å². The van der Waals surface area contributed by atoms with Gasteiger partial charge in [0.2, 0.25) is 15.9 Å². The number of carbonyl (C=O) groups excluding carboxylic acids is 1. The summed E-state index contributed by atoms with van der Waals surface area (Å²) in [5.74, 6) is 1.06. The molecule has 0 fully saturated rings. The molecule has 0 atom stereocenters. The van der Waals surface area contributed by atoms with Crippen molar-refractivity contribution in [2.45, 2.75) is 12.8 Å². The van der Waals surface area contributed by atoms with Crippen LogP contribution in [-0.2, 0) is 21.2 Å². The molecule has 0 saturated heterocycles. The molecule has 0 radical (unpaired) electrons. The van der Waals surface area contributed by atoms with E-state index in [0.717, 1.165) is 16.5 Å². The molecule has 0 spiro atoms. The molecule has 0 bridgehead atoms. The maximum Gasteiger partial charge on any atom is 0.233 e. The number of benzene rings is 2. The summed E-state index contributed by atoms with van der Waals surface area (Å²) in [5, 5.41) is 3.87. The van der Waals surface area contributed by atoms with E-state index in [0.29, 0.717) is 24.5 Å². The van der Waals surface area contributed by atoms with E-state index in [4.69, 9.17) is 9.47 Å². The Balaban J connectivity index is 1.71. The molecule has 2 N–H and O–H groups in total. The molecule has 7 nitrogen and oxygen atoms in total. The summed E-state index contributed by atoms with van der Waals surface area (Å²) < 4.78 is 36.7. The zero-order valence-corrected chi connectivity index (χ0v) is 17.4. The quantitative estimate of drug-likeness (QED) is 0.584. The maximum atomic E-state index is 11.9. The molecular weight excluding hydrogens is 392 g/mol. The summed E-state index contributed by atoms with van der Waals surface area (Å²) in [6.45, 7) is 0.471. The third-order valence-corrected chi connectivity index (χ3v) is 5.18. The first kappa shape index (κ1) is 22.4. The maximum absolute atomic E-state index is 11.9. The number of carbonyl (C=O) groups is 1. The molecule has 29 heavy (non-hydrogen) atoms. The first-order valence-corrected chi connectivity index (χ1v) is 10.7. The van der Waals surface area contributed by atoms with Gasteiger partial charge in [0.25, 0.3) is 0 Å². The molecule has 0 aliphatic heterocycles. The lowest BCUT2D eigenvalue weighted by atomic mass is 10.1. The minimum Gasteiger partial charge on any atom is -0.493 e. The highest BCUT2D eigenvalue weighted by Gasteiger charge is 2.08. The number of sulfonamides is 1. The van der Waals surface area contributed by atoms with Crippen LogP contribution >= 0.6 is 0 Å². The predicted molar refractivity (Wildman–Crippen MR) is 113 cm³/mol. The van der Waals surface area contributed by atoms with Crippen molar-refractivity contribution < 1.29 is 22.7 Å². The molecule has 2 aromatic carbocycles. The number of nitrogens with one attached hydrogen (secondary N) is 2. The van der Waals surface area contributed by atoms with Crippen molar-refractivity contribution >= 4 is 22.0 Å². The lowest BCUT2D eigenvalue weighted by molar-refractivity contribution is -0.120. The predicted octanol–water partition coefficient (Wildman–Crippen LogP) is 2.34. The van der Waals surface area contributed by atoms with Crippen LogP contribution < -0.4 is 19.5 Å². The average Bonchev–Trinajstić information content (AvgIpc) is 2.73. The highest BCUT2D eigenvalue weighted by Crippen LogP contribution is 2.27. The van der Waals surface area contributed by atoms with Crippen LogP contribution in [0.3, 0.4) is 0 Å². The summed E-state index contributed by atoms with van der Waals surface area (Å²) in [7, 11) is -0.448. The summed E-state index contributed by atoms with van der Waals surface area (Å²) in [5.41, 5.74) is 1.78. The van der Waals surface area contributed by atoms with Crippen LogP contribution in [0.25, 0.3) is 6.08 Å². The average molecular weight is 419 g/mol. The Morgan fingerprint density at radius 3 is 2.41 bits per heavy atom. The van der Waals surface area contributed by atoms with Crippen LogP contribution in [-0.4, -0.2) is 41.6 Å². The lowest BCUT2D eigenvalue weighted by Gasteiger charge is -2.10. The topological polar surface area (TPSA) is 93.7 Å². The van der Waals surface area contributed by atoms with E-state index in [1.54, 1.807) is 26.4 Å². The van der Waals surface area contributed by atoms with Crippen LogP contribution in [0.1, 0.15) is 17.5 Å². The van der Waals surface area contributed by atoms with Crippen molar-refractivity contribution in [3.8, 4) is 11.5 Å². The molecule has 0 aliphatic carbocycles. The third-order valence-electron chi connectivity index (χ3n) is 4.08. The normalized spacial score (nSPS) is 11.4. The van der Waals surface area contributed by atoms with Crippen molar-refractivity contribution in [2.75, 3.05) is 27.3 Å². The molecule has 0 saturated carbocycles. The third kappa shape index (κ3) is 7.97. The van der Waals surface area contributed by atoms with Gasteiger partial charge in [0.15, 0.2) is 11.5 Å². The van der Waals surface area contributed by atoms with Crippen LogP contribution in [0.15, 0.2) is 53.9 Å². The van der Waals surface area contributed by atoms with E-state index in [1.165, 1.54) is 6.08 Å². The molecule has 1 amide bonds. The van der Waals surface area contributed by atoms with Crippen LogP contribution in [0.5, 0.6) is 11.5 Å². The molecule has 8 heteroatoms. The van der Waals surface area contributed by atoms with Gasteiger partial charge < -0.3 is 14.8 Å². The first-order valence-electron chi connectivity index (χ1n) is 9.14. The zero-order valence-electron chi connectivity index (χ0n) is 16.6. The Hall–Kier alpha value is -2.84. The number of amides is 1. The summed E-state index contributed by atoms with van der Waals surface area (Å²) in [6, 6.07) is 14.7. The van der Waals surface area contributed by atoms with Crippen LogP contribution in [0.4, 0.5) is 0 Å². The van der Waals surface area contributed by atoms with Gasteiger partial charge in [-0.1, -0.05) is 36.4 Å². The molecule has 2 rings (SSSR count). The van der Waals surface area contributed by atoms with Crippen LogP contribution in [0, 0.1) is 0 Å². The Kier molecular flexibility index (Phi) is 8.69. The van der Waals surface area contributed by atoms with Crippen molar-refractivity contribution in [2.24, 2.45) is 0 Å². The van der Waals surface area contributed by atoms with Crippen molar-refractivity contribution in [3.63, 3.8) is 0 Å². The van der Waals surface area contributed by atoms with E-state index in [2.05, 4.69) is 10.0 Å². The SMILES string of the molecule is COc1ccc(CCNC(=O)CCNS(=O)(=O)/C=C/c2ccccc2)cc1OC. The van der Waals surface area contributed by atoms with Gasteiger partial charge >= 0.3 is 0 Å². The number of hydrogen-bond acceptors (Lipinski definition) is 5. The number of rotatable bonds is 11. The molecule has 0 aliphatic rings. The number of hydrogen-bond donors (Lipinski definition) is 2. The second kappa shape index (κ2) is 11.2. The summed E-state index contributed by atoms with van der Waals surface area (Å²) >= 11 is 0. The molecular formula is C21H26N2O5S. The Bertz CT molecular complexity index is 927. The standard InChI is InChI=1S/C21H26N2O5S/c1-27-19-9-8-18(16-20(19)28-2)10-13-22-21(24)11-14-23-29(25,26)15-12-17-6-4-3-5-7-17/h3-9,12,15-16,23H,10-11,13-14H2,1-2H3,(H,22,24)/b15-12+. The number of ether oxygens (including phenoxy) is 2. The fourth-order valence-electron chi connectivity index (χ4n) is 2.56. The smallest absolute Gasteiger partial charge is 0.233 e. The minimum absolute atomic E-state index is 0.0314. The molecule has 2 aromatic rings. The first-order chi connectivity index (χ1) is 13.9. The Labute approximate surface area is 171 Å². The largest absolute Gasteiger partial charge is 0.493 e. The zero-order chi connectivity index (χ0) is 21.1. The summed E-state index contributed by atoms with van der Waals surface area (Å²) in [6.07, 6.45) is 2.19. The Morgan fingerprint density at radius 2 is 1.72 bits per heavy atom. The second-order valence-corrected chi connectivity index (χ2v) is 7.84. The molecule has 0 aromatic heterocycles. The molecule has 156 valence electrons. The van der Waals surface area contributed by atoms with Gasteiger partial charge in [0, 0.05) is 24.9 Å². The highest BCUT2D eigenvalue weighted by atomic mass is 32.2. The van der Waals surface area contributed by atoms with Gasteiger partial charge in [0.1, 0.15) is 0 Å². The second-order valence-electron chi connectivity index (χ2n) is 6.19. The fraction of sp³-hybridized carbons (Fsp3) is 0.286. The van der Waals surface area contributed by atoms with Gasteiger partial charge in [-0.15, -0.1) is 0 Å². The van der Waals surface area contributed by atoms with Crippen molar-refractivity contribution in [3.05, 3.63) is 65.1 Å². The molecule has 0 unspecified atom stereocenters. The van der Waals surface area contributed by atoms with Gasteiger partial charge in [0.05, 0.1) is 14.2 Å². The van der Waals surface area contributed by atoms with Crippen LogP contribution in [0.2, 0.25) is 0 Å². The Morgan fingerprint density at radius 1 is 1.00 bits per heavy atom. The monoisotopic (exact) mass is 418 g/mol. The summed E-state index contributed by atoms with van der Waals surface area (Å²) in [4.78, 5) is 11.9. The van der Waals surface area contributed by atoms with Gasteiger partial charge in [-0.05, 0) is 35.8 Å². The van der Waals surface area contributed by atoms with Crippen molar-refractivity contribution in [1.29, 1.82) is 0 Å². The highest BCUT2D eigenvalue weighted by molar-refractivity contribution is 7.92. The van der Waals surface area contributed by atoms with Gasteiger partial charge in [-0.3, -0.25) is 4.79 Å². The van der Waals surface area contributed by atoms with Gasteiger partial charge in [-0.25, -0.2) is 13.1 Å². The van der Waals surface area contributed by atoms with E-state index in [9.17, 15) is 13.2 Å². The van der Waals surface area contributed by atoms with E-state index in [-0.39, 0.29) is 18.9 Å². The van der Waals surface area contributed by atoms with E-state index in [1.807, 2.05) is 36.4 Å². The minimum atomic E-state index is -3.59. The van der Waals surface area contributed by atoms with E-state index < -0.39 is 10.0 Å². The van der Waals surface area contributed by atoms with E-state index >= 15 is 0 Å². The number of methoxy groups -OCH3 is 2. The molecule has 0 heterocycles. The van der Waals surface area contributed by atoms with Gasteiger partial charge in [-0.2, -0.15) is 0 Å². The lowest BCUT2D eigenvalue weighted by Crippen LogP contribution is -2.30.